The fraction of sp³-hybridized carbons (Fsp3) is 0.625. The van der Waals surface area contributed by atoms with Crippen LogP contribution in [0.3, 0.4) is 0 Å². The Kier molecular flexibility index (Phi) is 5.12. The molecule has 0 saturated carbocycles. The van der Waals surface area contributed by atoms with Crippen molar-refractivity contribution in [3.05, 3.63) is 12.4 Å². The zero-order chi connectivity index (χ0) is 9.56. The van der Waals surface area contributed by atoms with E-state index in [-0.39, 0.29) is 0 Å². The van der Waals surface area contributed by atoms with Crippen molar-refractivity contribution < 1.29 is 0 Å². The van der Waals surface area contributed by atoms with Crippen LogP contribution in [0.5, 0.6) is 0 Å². The van der Waals surface area contributed by atoms with E-state index < -0.39 is 0 Å². The maximum Gasteiger partial charge on any atom is 0.117 e. The SMILES string of the molecule is C=C(N)N=CN(C)NCC(C)C. The summed E-state index contributed by atoms with van der Waals surface area (Å²) in [4.78, 5) is 3.82. The highest BCUT2D eigenvalue weighted by atomic mass is 15.5. The molecule has 12 heavy (non-hydrogen) atoms. The van der Waals surface area contributed by atoms with Gasteiger partial charge in [0.2, 0.25) is 0 Å². The smallest absolute Gasteiger partial charge is 0.117 e. The number of hydrazine groups is 1. The summed E-state index contributed by atoms with van der Waals surface area (Å²) in [7, 11) is 1.87. The van der Waals surface area contributed by atoms with Crippen LogP contribution in [0.2, 0.25) is 0 Å². The average Bonchev–Trinajstić information content (AvgIpc) is 1.96. The predicted octanol–water partition coefficient (Wildman–Crippen LogP) is 0.537. The molecular weight excluding hydrogens is 152 g/mol. The van der Waals surface area contributed by atoms with Crippen molar-refractivity contribution in [3.63, 3.8) is 0 Å². The normalized spacial score (nSPS) is 11.0. The molecule has 0 rings (SSSR count). The Bertz CT molecular complexity index is 162. The van der Waals surface area contributed by atoms with Gasteiger partial charge >= 0.3 is 0 Å². The van der Waals surface area contributed by atoms with Gasteiger partial charge in [0.25, 0.3) is 0 Å². The van der Waals surface area contributed by atoms with Crippen LogP contribution in [-0.4, -0.2) is 24.9 Å². The second-order valence-electron chi connectivity index (χ2n) is 3.10. The summed E-state index contributed by atoms with van der Waals surface area (Å²) in [5.41, 5.74) is 8.37. The minimum Gasteiger partial charge on any atom is -0.384 e. The second kappa shape index (κ2) is 5.60. The molecule has 0 unspecified atom stereocenters. The fourth-order valence-electron chi connectivity index (χ4n) is 0.528. The van der Waals surface area contributed by atoms with E-state index in [4.69, 9.17) is 5.73 Å². The summed E-state index contributed by atoms with van der Waals surface area (Å²) in [5.74, 6) is 0.926. The summed E-state index contributed by atoms with van der Waals surface area (Å²) in [6.07, 6.45) is 1.60. The molecule has 0 aromatic rings. The van der Waals surface area contributed by atoms with Gasteiger partial charge in [-0.05, 0) is 5.92 Å². The first kappa shape index (κ1) is 11.0. The van der Waals surface area contributed by atoms with E-state index in [1.54, 1.807) is 11.3 Å². The van der Waals surface area contributed by atoms with Crippen LogP contribution in [-0.2, 0) is 0 Å². The minimum absolute atomic E-state index is 0.313. The largest absolute Gasteiger partial charge is 0.384 e. The molecule has 0 aliphatic carbocycles. The number of aliphatic imine (C=N–C) groups is 1. The number of hydrogen-bond acceptors (Lipinski definition) is 3. The quantitative estimate of drug-likeness (QED) is 0.359. The first-order valence-corrected chi connectivity index (χ1v) is 3.97. The van der Waals surface area contributed by atoms with E-state index in [9.17, 15) is 0 Å². The molecule has 0 spiro atoms. The van der Waals surface area contributed by atoms with Crippen molar-refractivity contribution in [1.29, 1.82) is 0 Å². The van der Waals surface area contributed by atoms with Gasteiger partial charge in [-0.3, -0.25) is 0 Å². The number of hydrogen-bond donors (Lipinski definition) is 2. The molecule has 0 radical (unpaired) electrons. The van der Waals surface area contributed by atoms with Crippen LogP contribution in [0, 0.1) is 5.92 Å². The van der Waals surface area contributed by atoms with E-state index in [0.29, 0.717) is 11.7 Å². The molecule has 0 aliphatic heterocycles. The zero-order valence-electron chi connectivity index (χ0n) is 8.04. The molecule has 0 aromatic carbocycles. The summed E-state index contributed by atoms with van der Waals surface area (Å²) in [6.45, 7) is 8.64. The minimum atomic E-state index is 0.313. The standard InChI is InChI=1S/C8H18N4/c1-7(2)5-11-12(4)6-10-8(3)9/h6-7,11H,3,5,9H2,1-2,4H3. The van der Waals surface area contributed by atoms with Gasteiger partial charge in [-0.25, -0.2) is 10.4 Å². The van der Waals surface area contributed by atoms with Gasteiger partial charge in [-0.1, -0.05) is 20.4 Å². The van der Waals surface area contributed by atoms with Crippen molar-refractivity contribution in [2.24, 2.45) is 16.6 Å². The Labute approximate surface area is 74.1 Å². The number of rotatable bonds is 5. The molecule has 0 aliphatic rings. The Morgan fingerprint density at radius 1 is 1.75 bits per heavy atom. The maximum absolute atomic E-state index is 5.25. The zero-order valence-corrected chi connectivity index (χ0v) is 8.04. The number of nitrogens with two attached hydrogens (primary N) is 1. The fourth-order valence-corrected chi connectivity index (χ4v) is 0.528. The number of nitrogens with zero attached hydrogens (tertiary/aromatic N) is 2. The summed E-state index contributed by atoms with van der Waals surface area (Å²) in [6, 6.07) is 0. The molecule has 0 heterocycles. The van der Waals surface area contributed by atoms with Crippen LogP contribution in [0.4, 0.5) is 0 Å². The highest BCUT2D eigenvalue weighted by molar-refractivity contribution is 5.55. The number of nitrogens with one attached hydrogen (secondary N) is 1. The lowest BCUT2D eigenvalue weighted by atomic mass is 10.2. The van der Waals surface area contributed by atoms with Crippen LogP contribution in [0.1, 0.15) is 13.8 Å². The van der Waals surface area contributed by atoms with Crippen molar-refractivity contribution in [3.8, 4) is 0 Å². The lowest BCUT2D eigenvalue weighted by Gasteiger charge is -2.15. The molecule has 0 saturated heterocycles. The molecule has 4 heteroatoms. The molecule has 0 atom stereocenters. The van der Waals surface area contributed by atoms with E-state index in [2.05, 4.69) is 30.8 Å². The van der Waals surface area contributed by atoms with Crippen LogP contribution < -0.4 is 11.2 Å². The molecule has 4 nitrogen and oxygen atoms in total. The monoisotopic (exact) mass is 170 g/mol. The van der Waals surface area contributed by atoms with Gasteiger partial charge in [-0.15, -0.1) is 0 Å². The van der Waals surface area contributed by atoms with Crippen LogP contribution in [0.15, 0.2) is 17.4 Å². The predicted molar refractivity (Wildman–Crippen MR) is 52.4 cm³/mol. The summed E-state index contributed by atoms with van der Waals surface area (Å²) < 4.78 is 0. The van der Waals surface area contributed by atoms with Gasteiger partial charge in [0, 0.05) is 13.6 Å². The summed E-state index contributed by atoms with van der Waals surface area (Å²) in [5, 5.41) is 1.76. The van der Waals surface area contributed by atoms with Gasteiger partial charge in [0.15, 0.2) is 0 Å². The maximum atomic E-state index is 5.25. The topological polar surface area (TPSA) is 53.6 Å². The average molecular weight is 170 g/mol. The molecular formula is C8H18N4. The van der Waals surface area contributed by atoms with Crippen LogP contribution >= 0.6 is 0 Å². The Morgan fingerprint density at radius 2 is 2.33 bits per heavy atom. The molecule has 0 fully saturated rings. The van der Waals surface area contributed by atoms with Gasteiger partial charge in [0.05, 0.1) is 0 Å². The van der Waals surface area contributed by atoms with Crippen molar-refractivity contribution in [1.82, 2.24) is 10.4 Å². The third-order valence-electron chi connectivity index (χ3n) is 1.15. The van der Waals surface area contributed by atoms with E-state index in [1.807, 2.05) is 7.05 Å². The molecule has 3 N–H and O–H groups in total. The lowest BCUT2D eigenvalue weighted by Crippen LogP contribution is -2.35. The first-order chi connectivity index (χ1) is 5.52. The first-order valence-electron chi connectivity index (χ1n) is 3.97. The van der Waals surface area contributed by atoms with Crippen molar-refractivity contribution in [2.45, 2.75) is 13.8 Å². The Balaban J connectivity index is 3.59. The lowest BCUT2D eigenvalue weighted by molar-refractivity contribution is 0.347. The van der Waals surface area contributed by atoms with E-state index >= 15 is 0 Å². The van der Waals surface area contributed by atoms with E-state index in [1.165, 1.54) is 0 Å². The third kappa shape index (κ3) is 7.08. The van der Waals surface area contributed by atoms with E-state index in [0.717, 1.165) is 6.54 Å². The molecule has 0 amide bonds. The highest BCUT2D eigenvalue weighted by Gasteiger charge is 1.93. The highest BCUT2D eigenvalue weighted by Crippen LogP contribution is 1.87. The van der Waals surface area contributed by atoms with Gasteiger partial charge < -0.3 is 10.7 Å². The van der Waals surface area contributed by atoms with Gasteiger partial charge in [-0.2, -0.15) is 0 Å². The second-order valence-corrected chi connectivity index (χ2v) is 3.10. The molecule has 70 valence electrons. The molecule has 0 aromatic heterocycles. The van der Waals surface area contributed by atoms with Gasteiger partial charge in [0.1, 0.15) is 12.2 Å². The van der Waals surface area contributed by atoms with Crippen molar-refractivity contribution >= 4 is 6.34 Å². The Hall–Kier alpha value is -1.03. The third-order valence-corrected chi connectivity index (χ3v) is 1.15. The molecule has 0 bridgehead atoms. The van der Waals surface area contributed by atoms with Crippen molar-refractivity contribution in [2.75, 3.05) is 13.6 Å². The van der Waals surface area contributed by atoms with Crippen LogP contribution in [0.25, 0.3) is 0 Å². The Morgan fingerprint density at radius 3 is 2.75 bits per heavy atom. The summed E-state index contributed by atoms with van der Waals surface area (Å²) >= 11 is 0.